The summed E-state index contributed by atoms with van der Waals surface area (Å²) < 4.78 is 34.4. The quantitative estimate of drug-likeness (QED) is 0.177. The summed E-state index contributed by atoms with van der Waals surface area (Å²) in [5.41, 5.74) is 0.945. The van der Waals surface area contributed by atoms with Crippen molar-refractivity contribution in [3.8, 4) is 11.5 Å². The molecule has 0 saturated carbocycles. The van der Waals surface area contributed by atoms with Crippen LogP contribution in [0.15, 0.2) is 18.2 Å². The molecule has 0 bridgehead atoms. The van der Waals surface area contributed by atoms with Gasteiger partial charge in [-0.3, -0.25) is 13.8 Å². The first kappa shape index (κ1) is 29.4. The number of carboxylic acids is 1. The molecular weight excluding hydrogens is 449 g/mol. The number of carbonyl (C=O) groups is 1. The van der Waals surface area contributed by atoms with E-state index in [0.717, 1.165) is 36.3 Å². The molecule has 10 heteroatoms. The maximum atomic E-state index is 12.2. The number of benzene rings is 1. The molecule has 0 heterocycles. The highest BCUT2D eigenvalue weighted by atomic mass is 31.2. The number of nitrogens with zero attached hydrogens (tertiary/aromatic N) is 1. The highest BCUT2D eigenvalue weighted by molar-refractivity contribution is 7.47. The third-order valence-electron chi connectivity index (χ3n) is 4.73. The fourth-order valence-corrected chi connectivity index (χ4v) is 4.11. The van der Waals surface area contributed by atoms with Crippen molar-refractivity contribution >= 4 is 13.8 Å². The van der Waals surface area contributed by atoms with Gasteiger partial charge >= 0.3 is 13.8 Å². The molecule has 2 atom stereocenters. The molecule has 0 fully saturated rings. The summed E-state index contributed by atoms with van der Waals surface area (Å²) in [6, 6.07) is 5.71. The highest BCUT2D eigenvalue weighted by Crippen LogP contribution is 2.45. The Kier molecular flexibility index (Phi) is 13.0. The zero-order valence-corrected chi connectivity index (χ0v) is 21.5. The van der Waals surface area contributed by atoms with Crippen LogP contribution >= 0.6 is 7.82 Å². The van der Waals surface area contributed by atoms with Crippen LogP contribution in [0.4, 0.5) is 0 Å². The summed E-state index contributed by atoms with van der Waals surface area (Å²) in [5, 5.41) is 9.02. The molecule has 0 radical (unpaired) electrons. The Hall–Kier alpha value is -1.64. The lowest BCUT2D eigenvalue weighted by atomic mass is 10.2. The van der Waals surface area contributed by atoms with E-state index in [1.165, 1.54) is 0 Å². The topological polar surface area (TPSA) is 112 Å². The Morgan fingerprint density at radius 2 is 1.58 bits per heavy atom. The molecule has 9 nitrogen and oxygen atoms in total. The Morgan fingerprint density at radius 3 is 2.09 bits per heavy atom. The van der Waals surface area contributed by atoms with Crippen LogP contribution < -0.4 is 9.47 Å². The molecule has 0 aromatic heterocycles. The molecular formula is C23H41NO8P+. The van der Waals surface area contributed by atoms with Gasteiger partial charge in [0.2, 0.25) is 0 Å². The number of phosphoric acid groups is 1. The van der Waals surface area contributed by atoms with E-state index >= 15 is 0 Å². The minimum absolute atomic E-state index is 0.000859. The molecule has 0 saturated heterocycles. The Labute approximate surface area is 197 Å². The average molecular weight is 491 g/mol. The Morgan fingerprint density at radius 1 is 1.03 bits per heavy atom. The lowest BCUT2D eigenvalue weighted by Crippen LogP contribution is -2.42. The molecule has 2 N–H and O–H groups in total. The summed E-state index contributed by atoms with van der Waals surface area (Å²) in [6.45, 7) is 5.47. The molecule has 1 aromatic rings. The van der Waals surface area contributed by atoms with Gasteiger partial charge < -0.3 is 24.0 Å². The lowest BCUT2D eigenvalue weighted by molar-refractivity contribution is -0.873. The summed E-state index contributed by atoms with van der Waals surface area (Å²) in [4.78, 5) is 21.0. The zero-order valence-electron chi connectivity index (χ0n) is 20.6. The van der Waals surface area contributed by atoms with Crippen LogP contribution in [0.2, 0.25) is 0 Å². The fraction of sp³-hybridized carbons (Fsp3) is 0.696. The van der Waals surface area contributed by atoms with Gasteiger partial charge in [-0.15, -0.1) is 0 Å². The van der Waals surface area contributed by atoms with E-state index in [4.69, 9.17) is 23.6 Å². The summed E-state index contributed by atoms with van der Waals surface area (Å²) in [5.74, 6) is 0.461. The zero-order chi connectivity index (χ0) is 24.9. The largest absolute Gasteiger partial charge is 0.493 e. The van der Waals surface area contributed by atoms with Crippen molar-refractivity contribution < 1.29 is 42.4 Å². The third-order valence-corrected chi connectivity index (χ3v) is 5.80. The molecule has 1 aromatic carbocycles. The molecule has 190 valence electrons. The van der Waals surface area contributed by atoms with Crippen LogP contribution in [-0.2, 0) is 18.4 Å². The number of likely N-dealkylation sites (N-methyl/N-ethyl adjacent to an activating group) is 1. The molecule has 2 unspecified atom stereocenters. The van der Waals surface area contributed by atoms with Crippen molar-refractivity contribution in [3.05, 3.63) is 23.8 Å². The van der Waals surface area contributed by atoms with Crippen LogP contribution in [-0.4, -0.2) is 74.1 Å². The van der Waals surface area contributed by atoms with Crippen molar-refractivity contribution in [2.24, 2.45) is 0 Å². The lowest BCUT2D eigenvalue weighted by Gasteiger charge is -2.29. The van der Waals surface area contributed by atoms with Crippen molar-refractivity contribution in [2.75, 3.05) is 47.5 Å². The highest BCUT2D eigenvalue weighted by Gasteiger charge is 2.31. The maximum absolute atomic E-state index is 12.2. The second-order valence-corrected chi connectivity index (χ2v) is 10.5. The van der Waals surface area contributed by atoms with Gasteiger partial charge in [0.1, 0.15) is 24.1 Å². The van der Waals surface area contributed by atoms with E-state index in [1.54, 1.807) is 0 Å². The fourth-order valence-electron chi connectivity index (χ4n) is 3.17. The van der Waals surface area contributed by atoms with Gasteiger partial charge in [0.05, 0.1) is 47.4 Å². The number of carboxylic acid groups (broad SMARTS) is 1. The summed E-state index contributed by atoms with van der Waals surface area (Å²) >= 11 is 0. The van der Waals surface area contributed by atoms with Gasteiger partial charge in [-0.25, -0.2) is 4.57 Å². The van der Waals surface area contributed by atoms with E-state index < -0.39 is 19.9 Å². The first-order chi connectivity index (χ1) is 15.4. The van der Waals surface area contributed by atoms with E-state index in [9.17, 15) is 14.3 Å². The van der Waals surface area contributed by atoms with Crippen molar-refractivity contribution in [3.63, 3.8) is 0 Å². The number of rotatable bonds is 18. The molecule has 33 heavy (non-hydrogen) atoms. The van der Waals surface area contributed by atoms with Gasteiger partial charge in [-0.05, 0) is 38.3 Å². The van der Waals surface area contributed by atoms with Crippen LogP contribution in [0.5, 0.6) is 11.5 Å². The van der Waals surface area contributed by atoms with Crippen LogP contribution in [0.3, 0.4) is 0 Å². The van der Waals surface area contributed by atoms with Crippen LogP contribution in [0.1, 0.15) is 51.0 Å². The molecule has 0 amide bonds. The van der Waals surface area contributed by atoms with Gasteiger partial charge in [0, 0.05) is 5.56 Å². The number of quaternary nitrogens is 1. The second kappa shape index (κ2) is 14.6. The predicted molar refractivity (Wildman–Crippen MR) is 127 cm³/mol. The van der Waals surface area contributed by atoms with Crippen LogP contribution in [0.25, 0.3) is 0 Å². The SMILES string of the molecule is CCCCCOc1cccc(OCCCCOP(=O)(O)OC(CC(=O)O)C[N+](C)(C)C)c1C. The van der Waals surface area contributed by atoms with Crippen molar-refractivity contribution in [2.45, 2.75) is 58.5 Å². The number of unbranched alkanes of at least 4 members (excludes halogenated alkanes) is 3. The molecule has 1 rings (SSSR count). The first-order valence-electron chi connectivity index (χ1n) is 11.5. The van der Waals surface area contributed by atoms with E-state index in [2.05, 4.69) is 6.92 Å². The monoisotopic (exact) mass is 490 g/mol. The average Bonchev–Trinajstić information content (AvgIpc) is 2.67. The van der Waals surface area contributed by atoms with E-state index in [-0.39, 0.29) is 19.6 Å². The molecule has 0 aliphatic rings. The molecule has 0 aliphatic carbocycles. The molecule has 0 aliphatic heterocycles. The Balaban J connectivity index is 2.40. The van der Waals surface area contributed by atoms with E-state index in [0.29, 0.717) is 30.5 Å². The van der Waals surface area contributed by atoms with Crippen molar-refractivity contribution in [1.82, 2.24) is 0 Å². The standard InChI is InChI=1S/C23H40NO8P/c1-6-7-8-14-29-21-12-11-13-22(19(21)2)30-15-9-10-16-31-33(27,28)32-20(17-23(25)26)18-24(3,4)5/h11-13,20H,6-10,14-18H2,1-5H3,(H-,25,26,27,28)/p+1. The summed E-state index contributed by atoms with van der Waals surface area (Å²) in [6.07, 6.45) is 3.09. The normalized spacial score (nSPS) is 14.5. The minimum atomic E-state index is -4.36. The van der Waals surface area contributed by atoms with Gasteiger partial charge in [0.15, 0.2) is 0 Å². The van der Waals surface area contributed by atoms with E-state index in [1.807, 2.05) is 46.3 Å². The Bertz CT molecular complexity index is 765. The van der Waals surface area contributed by atoms with Gasteiger partial charge in [-0.2, -0.15) is 0 Å². The van der Waals surface area contributed by atoms with Crippen LogP contribution in [0, 0.1) is 6.92 Å². The third kappa shape index (κ3) is 13.6. The van der Waals surface area contributed by atoms with Gasteiger partial charge in [0.25, 0.3) is 0 Å². The number of hydrogen-bond acceptors (Lipinski definition) is 6. The van der Waals surface area contributed by atoms with Crippen molar-refractivity contribution in [1.29, 1.82) is 0 Å². The number of hydrogen-bond donors (Lipinski definition) is 2. The predicted octanol–water partition coefficient (Wildman–Crippen LogP) is 4.41. The summed E-state index contributed by atoms with van der Waals surface area (Å²) in [7, 11) is 1.18. The minimum Gasteiger partial charge on any atom is -0.493 e. The smallest absolute Gasteiger partial charge is 0.472 e. The number of aliphatic carboxylic acids is 1. The van der Waals surface area contributed by atoms with Gasteiger partial charge in [-0.1, -0.05) is 25.8 Å². The number of phosphoric ester groups is 1. The first-order valence-corrected chi connectivity index (χ1v) is 13.0. The molecule has 0 spiro atoms. The second-order valence-electron chi connectivity index (χ2n) is 9.09. The maximum Gasteiger partial charge on any atom is 0.472 e. The number of ether oxygens (including phenoxy) is 2.